The molecule has 3 aliphatic rings. The molecular formula is C18H21N3O4S2. The number of nitrogens with two attached hydrogens (primary N) is 1. The van der Waals surface area contributed by atoms with Gasteiger partial charge in [0.15, 0.2) is 0 Å². The lowest BCUT2D eigenvalue weighted by molar-refractivity contribution is -0.150. The topological polar surface area (TPSA) is 113 Å². The molecule has 1 aromatic heterocycles. The Balaban J connectivity index is 1.45. The number of thiophene rings is 1. The molecule has 3 heterocycles. The van der Waals surface area contributed by atoms with E-state index in [2.05, 4.69) is 5.32 Å². The molecule has 1 fully saturated rings. The molecule has 144 valence electrons. The molecule has 9 heteroatoms. The van der Waals surface area contributed by atoms with Gasteiger partial charge in [0.25, 0.3) is 5.91 Å². The second kappa shape index (κ2) is 6.96. The first-order valence-electron chi connectivity index (χ1n) is 8.93. The van der Waals surface area contributed by atoms with E-state index in [1.165, 1.54) is 33.5 Å². The minimum absolute atomic E-state index is 0.0319. The fourth-order valence-electron chi connectivity index (χ4n) is 3.81. The van der Waals surface area contributed by atoms with Gasteiger partial charge in [-0.2, -0.15) is 0 Å². The zero-order chi connectivity index (χ0) is 19.3. The molecule has 0 bridgehead atoms. The molecule has 7 nitrogen and oxygen atoms in total. The molecule has 1 saturated heterocycles. The summed E-state index contributed by atoms with van der Waals surface area (Å²) in [5, 5.41) is 11.7. The Labute approximate surface area is 165 Å². The highest BCUT2D eigenvalue weighted by Gasteiger charge is 2.54. The molecule has 0 radical (unpaired) electrons. The summed E-state index contributed by atoms with van der Waals surface area (Å²) in [6.45, 7) is 1.71. The Kier molecular flexibility index (Phi) is 4.77. The number of carbonyl (C=O) groups is 3. The van der Waals surface area contributed by atoms with E-state index in [9.17, 15) is 19.5 Å². The van der Waals surface area contributed by atoms with Crippen molar-refractivity contribution in [2.45, 2.75) is 50.1 Å². The van der Waals surface area contributed by atoms with Crippen LogP contribution >= 0.6 is 23.1 Å². The van der Waals surface area contributed by atoms with E-state index in [-0.39, 0.29) is 11.1 Å². The minimum atomic E-state index is -1.11. The standard InChI is InChI=1S/C18H21N3O4S2/c1-8-7-26-17-13(16(23)21(17)14(8)18(24)25)20-15(22)12(19)11-6-9-4-2-3-5-10(9)27-11/h6,12-13,17H,2-5,7,19H2,1H3,(H,20,22)(H,24,25)/t12-,13?,17?/m0/s1. The van der Waals surface area contributed by atoms with Crippen molar-refractivity contribution in [2.24, 2.45) is 5.73 Å². The normalized spacial score (nSPS) is 25.4. The van der Waals surface area contributed by atoms with Crippen LogP contribution in [-0.2, 0) is 27.2 Å². The van der Waals surface area contributed by atoms with E-state index in [4.69, 9.17) is 5.73 Å². The van der Waals surface area contributed by atoms with Gasteiger partial charge in [-0.25, -0.2) is 4.79 Å². The molecule has 4 rings (SSSR count). The molecule has 1 aromatic rings. The summed E-state index contributed by atoms with van der Waals surface area (Å²) in [4.78, 5) is 39.9. The Morgan fingerprint density at radius 2 is 2.11 bits per heavy atom. The molecule has 2 unspecified atom stereocenters. The molecular weight excluding hydrogens is 386 g/mol. The average Bonchev–Trinajstić information content (AvgIpc) is 3.08. The average molecular weight is 408 g/mol. The van der Waals surface area contributed by atoms with Crippen LogP contribution in [0.25, 0.3) is 0 Å². The Bertz CT molecular complexity index is 839. The molecule has 0 spiro atoms. The molecule has 4 N–H and O–H groups in total. The van der Waals surface area contributed by atoms with Crippen molar-refractivity contribution >= 4 is 40.9 Å². The maximum absolute atomic E-state index is 12.6. The number of rotatable bonds is 4. The van der Waals surface area contributed by atoms with E-state index < -0.39 is 29.9 Å². The fraction of sp³-hybridized carbons (Fsp3) is 0.500. The highest BCUT2D eigenvalue weighted by Crippen LogP contribution is 2.40. The van der Waals surface area contributed by atoms with Crippen molar-refractivity contribution in [3.8, 4) is 0 Å². The second-order valence-electron chi connectivity index (χ2n) is 7.11. The number of hydrogen-bond acceptors (Lipinski definition) is 6. The third-order valence-corrected chi connectivity index (χ3v) is 8.01. The Hall–Kier alpha value is -1.84. The zero-order valence-corrected chi connectivity index (χ0v) is 16.5. The van der Waals surface area contributed by atoms with Gasteiger partial charge in [0, 0.05) is 15.5 Å². The predicted octanol–water partition coefficient (Wildman–Crippen LogP) is 1.39. The summed E-state index contributed by atoms with van der Waals surface area (Å²) < 4.78 is 0. The van der Waals surface area contributed by atoms with E-state index in [1.54, 1.807) is 18.3 Å². The van der Waals surface area contributed by atoms with Crippen LogP contribution in [0.1, 0.15) is 41.1 Å². The van der Waals surface area contributed by atoms with Crippen molar-refractivity contribution in [3.63, 3.8) is 0 Å². The van der Waals surface area contributed by atoms with E-state index in [1.807, 2.05) is 6.07 Å². The number of fused-ring (bicyclic) bond motifs is 2. The van der Waals surface area contributed by atoms with E-state index in [0.717, 1.165) is 24.1 Å². The van der Waals surface area contributed by atoms with Crippen LogP contribution in [0.3, 0.4) is 0 Å². The van der Waals surface area contributed by atoms with Crippen molar-refractivity contribution in [1.29, 1.82) is 0 Å². The van der Waals surface area contributed by atoms with Crippen molar-refractivity contribution < 1.29 is 19.5 Å². The fourth-order valence-corrected chi connectivity index (χ4v) is 6.37. The first kappa shape index (κ1) is 18.5. The predicted molar refractivity (Wildman–Crippen MR) is 103 cm³/mol. The maximum atomic E-state index is 12.6. The molecule has 0 saturated carbocycles. The summed E-state index contributed by atoms with van der Waals surface area (Å²) in [7, 11) is 0. The SMILES string of the molecule is CC1=C(C(=O)O)N2C(=O)C(NC(=O)[C@@H](N)c3cc4c(s3)CCCC4)C2SC1. The van der Waals surface area contributed by atoms with Gasteiger partial charge in [-0.1, -0.05) is 0 Å². The summed E-state index contributed by atoms with van der Waals surface area (Å²) in [5.41, 5.74) is 8.12. The van der Waals surface area contributed by atoms with Gasteiger partial charge < -0.3 is 16.2 Å². The van der Waals surface area contributed by atoms with Gasteiger partial charge in [-0.3, -0.25) is 14.5 Å². The molecule has 0 aromatic carbocycles. The number of thioether (sulfide) groups is 1. The van der Waals surface area contributed by atoms with Crippen LogP contribution in [0.2, 0.25) is 0 Å². The molecule has 3 atom stereocenters. The smallest absolute Gasteiger partial charge is 0.352 e. The Morgan fingerprint density at radius 3 is 2.81 bits per heavy atom. The van der Waals surface area contributed by atoms with Gasteiger partial charge in [-0.15, -0.1) is 23.1 Å². The number of hydrogen-bond donors (Lipinski definition) is 3. The van der Waals surface area contributed by atoms with Crippen molar-refractivity contribution in [2.75, 3.05) is 5.75 Å². The lowest BCUT2D eigenvalue weighted by Crippen LogP contribution is -2.71. The lowest BCUT2D eigenvalue weighted by atomic mass is 9.98. The van der Waals surface area contributed by atoms with Crippen LogP contribution in [0.4, 0.5) is 0 Å². The van der Waals surface area contributed by atoms with Crippen molar-refractivity contribution in [3.05, 3.63) is 32.7 Å². The van der Waals surface area contributed by atoms with E-state index in [0.29, 0.717) is 11.3 Å². The molecule has 2 aliphatic heterocycles. The van der Waals surface area contributed by atoms with Gasteiger partial charge in [-0.05, 0) is 49.8 Å². The maximum Gasteiger partial charge on any atom is 0.352 e. The lowest BCUT2D eigenvalue weighted by Gasteiger charge is -2.49. The first-order chi connectivity index (χ1) is 12.9. The second-order valence-corrected chi connectivity index (χ2v) is 9.39. The number of nitrogens with zero attached hydrogens (tertiary/aromatic N) is 1. The largest absolute Gasteiger partial charge is 0.477 e. The minimum Gasteiger partial charge on any atom is -0.477 e. The van der Waals surface area contributed by atoms with Gasteiger partial charge >= 0.3 is 5.97 Å². The highest BCUT2D eigenvalue weighted by atomic mass is 32.2. The molecule has 27 heavy (non-hydrogen) atoms. The van der Waals surface area contributed by atoms with Gasteiger partial charge in [0.05, 0.1) is 0 Å². The zero-order valence-electron chi connectivity index (χ0n) is 14.9. The molecule has 1 aliphatic carbocycles. The number of β-lactam (4-membered cyclic amide) rings is 1. The van der Waals surface area contributed by atoms with Crippen LogP contribution < -0.4 is 11.1 Å². The summed E-state index contributed by atoms with van der Waals surface area (Å²) in [6, 6.07) is 0.473. The van der Waals surface area contributed by atoms with Gasteiger partial charge in [0.1, 0.15) is 23.2 Å². The highest BCUT2D eigenvalue weighted by molar-refractivity contribution is 8.00. The third-order valence-electron chi connectivity index (χ3n) is 5.26. The monoisotopic (exact) mass is 407 g/mol. The van der Waals surface area contributed by atoms with Crippen LogP contribution in [-0.4, -0.2) is 45.0 Å². The summed E-state index contributed by atoms with van der Waals surface area (Å²) in [6.07, 6.45) is 4.39. The van der Waals surface area contributed by atoms with Crippen LogP contribution in [0.5, 0.6) is 0 Å². The van der Waals surface area contributed by atoms with Crippen LogP contribution in [0, 0.1) is 0 Å². The number of nitrogens with one attached hydrogen (secondary N) is 1. The van der Waals surface area contributed by atoms with Gasteiger partial charge in [0.2, 0.25) is 5.91 Å². The number of carbonyl (C=O) groups excluding carboxylic acids is 2. The first-order valence-corrected chi connectivity index (χ1v) is 10.8. The third kappa shape index (κ3) is 3.07. The number of carboxylic acids is 1. The number of amides is 2. The Morgan fingerprint density at radius 1 is 1.37 bits per heavy atom. The van der Waals surface area contributed by atoms with Crippen molar-refractivity contribution in [1.82, 2.24) is 10.2 Å². The molecule has 2 amide bonds. The number of carboxylic acid groups (broad SMARTS) is 1. The number of aliphatic carboxylic acids is 1. The summed E-state index contributed by atoms with van der Waals surface area (Å²) >= 11 is 3.04. The quantitative estimate of drug-likeness (QED) is 0.650. The number of aryl methyl sites for hydroxylation is 2. The summed E-state index contributed by atoms with van der Waals surface area (Å²) in [5.74, 6) is -1.38. The van der Waals surface area contributed by atoms with Crippen LogP contribution in [0.15, 0.2) is 17.3 Å². The van der Waals surface area contributed by atoms with E-state index >= 15 is 0 Å².